The Hall–Kier alpha value is -0.650. The first-order valence-corrected chi connectivity index (χ1v) is 8.98. The predicted octanol–water partition coefficient (Wildman–Crippen LogP) is 3.71. The molecule has 1 aliphatic heterocycles. The lowest BCUT2D eigenvalue weighted by atomic mass is 9.65. The number of hydrogen-bond donors (Lipinski definition) is 1. The van der Waals surface area contributed by atoms with Gasteiger partial charge >= 0.3 is 0 Å². The molecule has 1 N–H and O–H groups in total. The molecule has 1 heterocycles. The summed E-state index contributed by atoms with van der Waals surface area (Å²) in [6.45, 7) is 5.99. The van der Waals surface area contributed by atoms with E-state index >= 15 is 0 Å². The Balaban J connectivity index is 2.18. The van der Waals surface area contributed by atoms with Gasteiger partial charge in [-0.15, -0.1) is 0 Å². The standard InChI is InChI=1S/C18H25BrFNO2/c1-17(2)10-12-14(20)9-13(19)16(23-4)15(12)18(17,22)11-5-7-21(3)8-6-11/h9,11,22H,5-8,10H2,1-4H3. The first kappa shape index (κ1) is 17.2. The molecule has 0 saturated carbocycles. The Morgan fingerprint density at radius 2 is 1.96 bits per heavy atom. The molecule has 3 rings (SSSR count). The van der Waals surface area contributed by atoms with E-state index in [-0.39, 0.29) is 11.7 Å². The summed E-state index contributed by atoms with van der Waals surface area (Å²) >= 11 is 3.40. The van der Waals surface area contributed by atoms with Crippen molar-refractivity contribution in [3.8, 4) is 5.75 Å². The van der Waals surface area contributed by atoms with Crippen molar-refractivity contribution in [3.63, 3.8) is 0 Å². The Kier molecular flexibility index (Phi) is 4.27. The van der Waals surface area contributed by atoms with Gasteiger partial charge in [0.25, 0.3) is 0 Å². The predicted molar refractivity (Wildman–Crippen MR) is 92.3 cm³/mol. The van der Waals surface area contributed by atoms with Crippen LogP contribution in [0.15, 0.2) is 10.5 Å². The second-order valence-electron chi connectivity index (χ2n) is 7.63. The quantitative estimate of drug-likeness (QED) is 0.841. The van der Waals surface area contributed by atoms with E-state index in [4.69, 9.17) is 4.74 Å². The van der Waals surface area contributed by atoms with Crippen molar-refractivity contribution < 1.29 is 14.2 Å². The maximum absolute atomic E-state index is 14.6. The van der Waals surface area contributed by atoms with Crippen molar-refractivity contribution in [2.24, 2.45) is 11.3 Å². The third kappa shape index (κ3) is 2.43. The molecule has 3 nitrogen and oxygen atoms in total. The molecule has 1 atom stereocenters. The molecular formula is C18H25BrFNO2. The highest BCUT2D eigenvalue weighted by Gasteiger charge is 2.58. The summed E-state index contributed by atoms with van der Waals surface area (Å²) in [5.41, 5.74) is -0.229. The van der Waals surface area contributed by atoms with Crippen molar-refractivity contribution in [2.45, 2.75) is 38.7 Å². The number of halogens is 2. The first-order chi connectivity index (χ1) is 10.7. The summed E-state index contributed by atoms with van der Waals surface area (Å²) in [7, 11) is 3.68. The van der Waals surface area contributed by atoms with Crippen LogP contribution in [0.25, 0.3) is 0 Å². The van der Waals surface area contributed by atoms with Gasteiger partial charge in [-0.25, -0.2) is 4.39 Å². The lowest BCUT2D eigenvalue weighted by Crippen LogP contribution is -2.49. The second-order valence-corrected chi connectivity index (χ2v) is 8.49. The summed E-state index contributed by atoms with van der Waals surface area (Å²) in [6.07, 6.45) is 2.35. The number of likely N-dealkylation sites (tertiary alicyclic amines) is 1. The van der Waals surface area contributed by atoms with Crippen LogP contribution in [0.1, 0.15) is 37.8 Å². The van der Waals surface area contributed by atoms with E-state index in [1.165, 1.54) is 6.07 Å². The van der Waals surface area contributed by atoms with Gasteiger partial charge in [-0.2, -0.15) is 0 Å². The van der Waals surface area contributed by atoms with E-state index in [9.17, 15) is 9.50 Å². The van der Waals surface area contributed by atoms with Crippen molar-refractivity contribution in [3.05, 3.63) is 27.5 Å². The molecule has 0 spiro atoms. The highest BCUT2D eigenvalue weighted by Crippen LogP contribution is 2.60. The number of fused-ring (bicyclic) bond motifs is 1. The summed E-state index contributed by atoms with van der Waals surface area (Å²) in [6, 6.07) is 1.45. The summed E-state index contributed by atoms with van der Waals surface area (Å²) in [4.78, 5) is 2.28. The van der Waals surface area contributed by atoms with Crippen LogP contribution < -0.4 is 4.74 Å². The first-order valence-electron chi connectivity index (χ1n) is 8.18. The van der Waals surface area contributed by atoms with Crippen LogP contribution in [-0.2, 0) is 12.0 Å². The number of methoxy groups -OCH3 is 1. The van der Waals surface area contributed by atoms with Crippen molar-refractivity contribution in [1.29, 1.82) is 0 Å². The van der Waals surface area contributed by atoms with Crippen LogP contribution >= 0.6 is 15.9 Å². The topological polar surface area (TPSA) is 32.7 Å². The van der Waals surface area contributed by atoms with Crippen LogP contribution in [0.2, 0.25) is 0 Å². The second kappa shape index (κ2) is 5.71. The van der Waals surface area contributed by atoms with Gasteiger partial charge in [0.15, 0.2) is 0 Å². The number of ether oxygens (including phenoxy) is 1. The van der Waals surface area contributed by atoms with Crippen LogP contribution in [0.4, 0.5) is 4.39 Å². The van der Waals surface area contributed by atoms with E-state index < -0.39 is 11.0 Å². The Labute approximate surface area is 145 Å². The molecule has 23 heavy (non-hydrogen) atoms. The lowest BCUT2D eigenvalue weighted by Gasteiger charge is -2.46. The molecule has 5 heteroatoms. The van der Waals surface area contributed by atoms with Crippen molar-refractivity contribution >= 4 is 15.9 Å². The van der Waals surface area contributed by atoms with Crippen LogP contribution in [0, 0.1) is 17.2 Å². The third-order valence-electron chi connectivity index (χ3n) is 5.83. The molecule has 0 aromatic heterocycles. The van der Waals surface area contributed by atoms with Crippen LogP contribution in [-0.4, -0.2) is 37.3 Å². The maximum atomic E-state index is 14.6. The molecule has 0 bridgehead atoms. The molecule has 0 amide bonds. The molecular weight excluding hydrogens is 361 g/mol. The average molecular weight is 386 g/mol. The minimum absolute atomic E-state index is 0.109. The molecule has 1 aromatic rings. The van der Waals surface area contributed by atoms with Crippen molar-refractivity contribution in [1.82, 2.24) is 4.90 Å². The summed E-state index contributed by atoms with van der Waals surface area (Å²) in [5.74, 6) is 0.426. The SMILES string of the molecule is COc1c(Br)cc(F)c2c1C(O)(C1CCN(C)CC1)C(C)(C)C2. The number of aliphatic hydroxyl groups is 1. The van der Waals surface area contributed by atoms with E-state index in [2.05, 4.69) is 27.9 Å². The molecule has 1 aliphatic carbocycles. The highest BCUT2D eigenvalue weighted by molar-refractivity contribution is 9.10. The number of benzene rings is 1. The van der Waals surface area contributed by atoms with Crippen LogP contribution in [0.3, 0.4) is 0 Å². The third-order valence-corrected chi connectivity index (χ3v) is 6.42. The summed E-state index contributed by atoms with van der Waals surface area (Å²) < 4.78 is 20.7. The monoisotopic (exact) mass is 385 g/mol. The molecule has 0 radical (unpaired) electrons. The lowest BCUT2D eigenvalue weighted by molar-refractivity contribution is -0.122. The maximum Gasteiger partial charge on any atom is 0.139 e. The molecule has 1 aromatic carbocycles. The van der Waals surface area contributed by atoms with E-state index in [0.717, 1.165) is 25.9 Å². The van der Waals surface area contributed by atoms with Gasteiger partial charge in [0.2, 0.25) is 0 Å². The highest BCUT2D eigenvalue weighted by atomic mass is 79.9. The minimum Gasteiger partial charge on any atom is -0.495 e. The fourth-order valence-electron chi connectivity index (χ4n) is 4.51. The zero-order valence-electron chi connectivity index (χ0n) is 14.2. The fraction of sp³-hybridized carbons (Fsp3) is 0.667. The number of hydrogen-bond acceptors (Lipinski definition) is 3. The minimum atomic E-state index is -1.07. The number of piperidine rings is 1. The van der Waals surface area contributed by atoms with Gasteiger partial charge in [-0.1, -0.05) is 13.8 Å². The normalized spacial score (nSPS) is 28.0. The van der Waals surface area contributed by atoms with Gasteiger partial charge in [-0.05, 0) is 72.9 Å². The van der Waals surface area contributed by atoms with Crippen molar-refractivity contribution in [2.75, 3.05) is 27.2 Å². The van der Waals surface area contributed by atoms with Gasteiger partial charge in [-0.3, -0.25) is 0 Å². The number of rotatable bonds is 2. The molecule has 1 saturated heterocycles. The van der Waals surface area contributed by atoms with Gasteiger partial charge < -0.3 is 14.7 Å². The van der Waals surface area contributed by atoms with E-state index in [0.29, 0.717) is 27.8 Å². The smallest absolute Gasteiger partial charge is 0.139 e. The average Bonchev–Trinajstić information content (AvgIpc) is 2.70. The van der Waals surface area contributed by atoms with Gasteiger partial charge in [0.1, 0.15) is 17.2 Å². The summed E-state index contributed by atoms with van der Waals surface area (Å²) in [5, 5.41) is 11.9. The Morgan fingerprint density at radius 1 is 1.35 bits per heavy atom. The molecule has 2 aliphatic rings. The zero-order valence-corrected chi connectivity index (χ0v) is 15.8. The Morgan fingerprint density at radius 3 is 2.52 bits per heavy atom. The fourth-order valence-corrected chi connectivity index (χ4v) is 5.07. The van der Waals surface area contributed by atoms with Gasteiger partial charge in [0, 0.05) is 11.0 Å². The zero-order chi connectivity index (χ0) is 17.0. The Bertz CT molecular complexity index is 626. The number of nitrogens with zero attached hydrogens (tertiary/aromatic N) is 1. The molecule has 1 unspecified atom stereocenters. The van der Waals surface area contributed by atoms with Crippen LogP contribution in [0.5, 0.6) is 5.75 Å². The molecule has 1 fully saturated rings. The van der Waals surface area contributed by atoms with E-state index in [1.54, 1.807) is 7.11 Å². The van der Waals surface area contributed by atoms with E-state index in [1.807, 2.05) is 13.8 Å². The molecule has 128 valence electrons. The van der Waals surface area contributed by atoms with Gasteiger partial charge in [0.05, 0.1) is 11.6 Å². The largest absolute Gasteiger partial charge is 0.495 e.